The summed E-state index contributed by atoms with van der Waals surface area (Å²) in [6.07, 6.45) is 1.83. The van der Waals surface area contributed by atoms with Gasteiger partial charge in [-0.3, -0.25) is 9.55 Å². The van der Waals surface area contributed by atoms with E-state index in [1.165, 1.54) is 0 Å². The Morgan fingerprint density at radius 2 is 2.00 bits per heavy atom. The van der Waals surface area contributed by atoms with E-state index >= 15 is 0 Å². The summed E-state index contributed by atoms with van der Waals surface area (Å²) in [7, 11) is 0. The van der Waals surface area contributed by atoms with Gasteiger partial charge >= 0.3 is 0 Å². The molecule has 3 aromatic rings. The van der Waals surface area contributed by atoms with E-state index in [1.54, 1.807) is 0 Å². The standard InChI is InChI=1S/C20H25N5O/c1-5-24-18(16-10-6-8-15-9-7-11-21-17(15)16)22-23-19(24)25-12-13-26-20(3,4)14(25)2/h6-11,14H,5,12-13H2,1-4H3. The molecule has 6 heteroatoms. The Bertz CT molecular complexity index is 928. The van der Waals surface area contributed by atoms with Crippen molar-refractivity contribution in [1.29, 1.82) is 0 Å². The lowest BCUT2D eigenvalue weighted by molar-refractivity contribution is -0.0536. The van der Waals surface area contributed by atoms with Crippen LogP contribution in [-0.2, 0) is 11.3 Å². The molecule has 136 valence electrons. The highest BCUT2D eigenvalue weighted by atomic mass is 16.5. The van der Waals surface area contributed by atoms with E-state index < -0.39 is 0 Å². The zero-order valence-corrected chi connectivity index (χ0v) is 15.8. The number of anilines is 1. The minimum absolute atomic E-state index is 0.212. The van der Waals surface area contributed by atoms with E-state index in [9.17, 15) is 0 Å². The van der Waals surface area contributed by atoms with Crippen molar-refractivity contribution in [1.82, 2.24) is 19.7 Å². The predicted octanol–water partition coefficient (Wildman–Crippen LogP) is 3.52. The van der Waals surface area contributed by atoms with Gasteiger partial charge in [0.15, 0.2) is 5.82 Å². The Hall–Kier alpha value is -2.47. The van der Waals surface area contributed by atoms with Gasteiger partial charge in [-0.15, -0.1) is 10.2 Å². The van der Waals surface area contributed by atoms with E-state index in [-0.39, 0.29) is 11.6 Å². The molecule has 1 aliphatic rings. The Labute approximate surface area is 153 Å². The molecular formula is C20H25N5O. The molecule has 1 saturated heterocycles. The molecule has 0 bridgehead atoms. The number of ether oxygens (including phenoxy) is 1. The maximum absolute atomic E-state index is 5.94. The number of benzene rings is 1. The molecule has 1 fully saturated rings. The first-order valence-corrected chi connectivity index (χ1v) is 9.21. The zero-order chi connectivity index (χ0) is 18.3. The first-order chi connectivity index (χ1) is 12.5. The number of morpholine rings is 1. The summed E-state index contributed by atoms with van der Waals surface area (Å²) in [5.41, 5.74) is 1.76. The fourth-order valence-electron chi connectivity index (χ4n) is 3.65. The molecule has 1 atom stereocenters. The average molecular weight is 351 g/mol. The van der Waals surface area contributed by atoms with Gasteiger partial charge in [0.25, 0.3) is 0 Å². The Morgan fingerprint density at radius 3 is 2.81 bits per heavy atom. The monoisotopic (exact) mass is 351 g/mol. The number of para-hydroxylation sites is 1. The molecule has 3 heterocycles. The smallest absolute Gasteiger partial charge is 0.227 e. The van der Waals surface area contributed by atoms with Crippen LogP contribution in [0.1, 0.15) is 27.7 Å². The van der Waals surface area contributed by atoms with Crippen molar-refractivity contribution in [3.63, 3.8) is 0 Å². The number of nitrogens with zero attached hydrogens (tertiary/aromatic N) is 5. The van der Waals surface area contributed by atoms with E-state index in [0.717, 1.165) is 41.3 Å². The molecule has 0 N–H and O–H groups in total. The molecule has 0 aliphatic carbocycles. The molecule has 2 aromatic heterocycles. The normalized spacial score (nSPS) is 19.8. The lowest BCUT2D eigenvalue weighted by Gasteiger charge is -2.44. The molecular weight excluding hydrogens is 326 g/mol. The van der Waals surface area contributed by atoms with Crippen LogP contribution in [0.4, 0.5) is 5.95 Å². The van der Waals surface area contributed by atoms with Crippen molar-refractivity contribution < 1.29 is 4.74 Å². The summed E-state index contributed by atoms with van der Waals surface area (Å²) in [6, 6.07) is 10.4. The average Bonchev–Trinajstić information content (AvgIpc) is 3.07. The van der Waals surface area contributed by atoms with Crippen molar-refractivity contribution in [2.24, 2.45) is 0 Å². The molecule has 1 aromatic carbocycles. The van der Waals surface area contributed by atoms with E-state index in [4.69, 9.17) is 4.74 Å². The van der Waals surface area contributed by atoms with Crippen LogP contribution in [0, 0.1) is 0 Å². The third-order valence-corrected chi connectivity index (χ3v) is 5.46. The van der Waals surface area contributed by atoms with Gasteiger partial charge in [0.2, 0.25) is 5.95 Å². The SMILES string of the molecule is CCn1c(-c2cccc3cccnc23)nnc1N1CCOC(C)(C)C1C. The van der Waals surface area contributed by atoms with Gasteiger partial charge in [-0.25, -0.2) is 0 Å². The third-order valence-electron chi connectivity index (χ3n) is 5.46. The van der Waals surface area contributed by atoms with Crippen molar-refractivity contribution in [2.75, 3.05) is 18.1 Å². The molecule has 0 saturated carbocycles. The van der Waals surface area contributed by atoms with Crippen LogP contribution in [0.5, 0.6) is 0 Å². The summed E-state index contributed by atoms with van der Waals surface area (Å²) in [4.78, 5) is 6.89. The van der Waals surface area contributed by atoms with E-state index in [0.29, 0.717) is 6.61 Å². The van der Waals surface area contributed by atoms with Crippen LogP contribution in [0.2, 0.25) is 0 Å². The topological polar surface area (TPSA) is 56.1 Å². The maximum Gasteiger partial charge on any atom is 0.227 e. The molecule has 0 radical (unpaired) electrons. The highest BCUT2D eigenvalue weighted by Crippen LogP contribution is 2.32. The first-order valence-electron chi connectivity index (χ1n) is 9.21. The van der Waals surface area contributed by atoms with E-state index in [1.807, 2.05) is 18.3 Å². The largest absolute Gasteiger partial charge is 0.372 e. The third kappa shape index (κ3) is 2.65. The number of aromatic nitrogens is 4. The van der Waals surface area contributed by atoms with Crippen LogP contribution in [0.25, 0.3) is 22.3 Å². The summed E-state index contributed by atoms with van der Waals surface area (Å²) < 4.78 is 8.12. The second-order valence-electron chi connectivity index (χ2n) is 7.27. The number of pyridine rings is 1. The highest BCUT2D eigenvalue weighted by molar-refractivity contribution is 5.91. The summed E-state index contributed by atoms with van der Waals surface area (Å²) >= 11 is 0. The van der Waals surface area contributed by atoms with Crippen LogP contribution >= 0.6 is 0 Å². The first kappa shape index (κ1) is 17.0. The Balaban J connectivity index is 1.83. The maximum atomic E-state index is 5.94. The van der Waals surface area contributed by atoms with Gasteiger partial charge in [0.05, 0.1) is 23.8 Å². The van der Waals surface area contributed by atoms with Gasteiger partial charge in [0.1, 0.15) is 0 Å². The fraction of sp³-hybridized carbons (Fsp3) is 0.450. The van der Waals surface area contributed by atoms with Gasteiger partial charge in [-0.2, -0.15) is 0 Å². The lowest BCUT2D eigenvalue weighted by atomic mass is 9.97. The number of hydrogen-bond donors (Lipinski definition) is 0. The van der Waals surface area contributed by atoms with Crippen molar-refractivity contribution >= 4 is 16.9 Å². The quantitative estimate of drug-likeness (QED) is 0.723. The summed E-state index contributed by atoms with van der Waals surface area (Å²) in [5, 5.41) is 10.2. The molecule has 1 aliphatic heterocycles. The van der Waals surface area contributed by atoms with Gasteiger partial charge < -0.3 is 9.64 Å². The zero-order valence-electron chi connectivity index (χ0n) is 15.8. The van der Waals surface area contributed by atoms with Crippen LogP contribution in [-0.4, -0.2) is 44.5 Å². The predicted molar refractivity (Wildman–Crippen MR) is 103 cm³/mol. The molecule has 6 nitrogen and oxygen atoms in total. The Kier molecular flexibility index (Phi) is 4.15. The summed E-state index contributed by atoms with van der Waals surface area (Å²) in [6.45, 7) is 10.9. The van der Waals surface area contributed by atoms with Crippen molar-refractivity contribution in [3.05, 3.63) is 36.5 Å². The molecule has 0 amide bonds. The van der Waals surface area contributed by atoms with Crippen LogP contribution in [0.15, 0.2) is 36.5 Å². The molecule has 4 rings (SSSR count). The number of rotatable bonds is 3. The highest BCUT2D eigenvalue weighted by Gasteiger charge is 2.37. The number of hydrogen-bond acceptors (Lipinski definition) is 5. The fourth-order valence-corrected chi connectivity index (χ4v) is 3.65. The molecule has 26 heavy (non-hydrogen) atoms. The van der Waals surface area contributed by atoms with Crippen LogP contribution in [0.3, 0.4) is 0 Å². The minimum Gasteiger partial charge on any atom is -0.372 e. The second kappa shape index (κ2) is 6.36. The van der Waals surface area contributed by atoms with Gasteiger partial charge in [-0.05, 0) is 39.8 Å². The molecule has 0 spiro atoms. The van der Waals surface area contributed by atoms with Crippen molar-refractivity contribution in [2.45, 2.75) is 45.9 Å². The van der Waals surface area contributed by atoms with Crippen molar-refractivity contribution in [3.8, 4) is 11.4 Å². The number of fused-ring (bicyclic) bond motifs is 1. The Morgan fingerprint density at radius 1 is 1.19 bits per heavy atom. The lowest BCUT2D eigenvalue weighted by Crippen LogP contribution is -2.56. The minimum atomic E-state index is -0.218. The molecule has 1 unspecified atom stereocenters. The summed E-state index contributed by atoms with van der Waals surface area (Å²) in [5.74, 6) is 1.77. The van der Waals surface area contributed by atoms with Gasteiger partial charge in [-0.1, -0.05) is 18.2 Å². The van der Waals surface area contributed by atoms with E-state index in [2.05, 4.69) is 70.5 Å². The second-order valence-corrected chi connectivity index (χ2v) is 7.27. The van der Waals surface area contributed by atoms with Crippen LogP contribution < -0.4 is 4.90 Å². The van der Waals surface area contributed by atoms with Gasteiger partial charge in [0, 0.05) is 30.2 Å².